The number of aldehydes is 1. The quantitative estimate of drug-likeness (QED) is 0.772. The molecule has 0 amide bonds. The zero-order valence-corrected chi connectivity index (χ0v) is 8.60. The molecule has 1 aromatic carbocycles. The predicted molar refractivity (Wildman–Crippen MR) is 59.1 cm³/mol. The molecule has 2 rings (SSSR count). The highest BCUT2D eigenvalue weighted by Crippen LogP contribution is 2.21. The average Bonchev–Trinajstić information content (AvgIpc) is 2.57. The van der Waals surface area contributed by atoms with E-state index in [2.05, 4.69) is 0 Å². The fourth-order valence-corrected chi connectivity index (χ4v) is 1.82. The van der Waals surface area contributed by atoms with Gasteiger partial charge in [0, 0.05) is 29.2 Å². The molecule has 0 fully saturated rings. The van der Waals surface area contributed by atoms with Gasteiger partial charge in [-0.1, -0.05) is 12.1 Å². The number of aliphatic hydroxyl groups is 1. The Morgan fingerprint density at radius 3 is 2.93 bits per heavy atom. The molecule has 0 atom stereocenters. The first-order chi connectivity index (χ1) is 7.26. The van der Waals surface area contributed by atoms with Gasteiger partial charge in [-0.2, -0.15) is 0 Å². The molecule has 3 nitrogen and oxygen atoms in total. The number of carbonyl (C=O) groups excluding carboxylic acids is 1. The Morgan fingerprint density at radius 1 is 1.47 bits per heavy atom. The molecule has 0 aliphatic rings. The van der Waals surface area contributed by atoms with Crippen LogP contribution < -0.4 is 0 Å². The molecule has 0 bridgehead atoms. The molecule has 0 saturated heterocycles. The molecular formula is C12H13NO2. The summed E-state index contributed by atoms with van der Waals surface area (Å²) in [5.74, 6) is 0. The van der Waals surface area contributed by atoms with Crippen molar-refractivity contribution in [2.24, 2.45) is 0 Å². The van der Waals surface area contributed by atoms with Crippen LogP contribution in [0.5, 0.6) is 0 Å². The van der Waals surface area contributed by atoms with Crippen molar-refractivity contribution < 1.29 is 9.90 Å². The number of aliphatic hydroxyl groups excluding tert-OH is 1. The standard InChI is InChI=1S/C12H13NO2/c1-9-2-3-11-10(8-15)7-13(4-5-14)12(11)6-9/h2-3,6-8,14H,4-5H2,1H3. The molecule has 1 heterocycles. The molecule has 2 aromatic rings. The third-order valence-electron chi connectivity index (χ3n) is 2.54. The Morgan fingerprint density at radius 2 is 2.27 bits per heavy atom. The van der Waals surface area contributed by atoms with Gasteiger partial charge in [0.25, 0.3) is 0 Å². The maximum absolute atomic E-state index is 10.8. The van der Waals surface area contributed by atoms with Crippen LogP contribution in [0.15, 0.2) is 24.4 Å². The first-order valence-electron chi connectivity index (χ1n) is 4.92. The molecule has 0 aliphatic carbocycles. The number of fused-ring (bicyclic) bond motifs is 1. The molecule has 1 N–H and O–H groups in total. The average molecular weight is 203 g/mol. The van der Waals surface area contributed by atoms with Crippen LogP contribution in [-0.4, -0.2) is 22.6 Å². The summed E-state index contributed by atoms with van der Waals surface area (Å²) in [4.78, 5) is 10.8. The van der Waals surface area contributed by atoms with Gasteiger partial charge >= 0.3 is 0 Å². The number of hydrogen-bond acceptors (Lipinski definition) is 2. The summed E-state index contributed by atoms with van der Waals surface area (Å²) >= 11 is 0. The third kappa shape index (κ3) is 1.66. The van der Waals surface area contributed by atoms with Gasteiger partial charge in [0.15, 0.2) is 6.29 Å². The Hall–Kier alpha value is -1.61. The lowest BCUT2D eigenvalue weighted by Gasteiger charge is -2.02. The number of hydrogen-bond donors (Lipinski definition) is 1. The predicted octanol–water partition coefficient (Wildman–Crippen LogP) is 1.75. The lowest BCUT2D eigenvalue weighted by Crippen LogP contribution is -1.99. The first kappa shape index (κ1) is 9.93. The molecule has 0 spiro atoms. The highest BCUT2D eigenvalue weighted by atomic mass is 16.3. The van der Waals surface area contributed by atoms with Crippen molar-refractivity contribution in [1.29, 1.82) is 0 Å². The number of aryl methyl sites for hydroxylation is 1. The van der Waals surface area contributed by atoms with Crippen molar-refractivity contribution >= 4 is 17.2 Å². The molecule has 1 aromatic heterocycles. The Bertz CT molecular complexity index is 500. The summed E-state index contributed by atoms with van der Waals surface area (Å²) in [6, 6.07) is 5.96. The van der Waals surface area contributed by atoms with Gasteiger partial charge in [0.2, 0.25) is 0 Å². The molecule has 3 heteroatoms. The molecule has 15 heavy (non-hydrogen) atoms. The second kappa shape index (κ2) is 3.87. The van der Waals surface area contributed by atoms with E-state index in [1.165, 1.54) is 0 Å². The van der Waals surface area contributed by atoms with Gasteiger partial charge in [-0.3, -0.25) is 4.79 Å². The molecule has 0 aliphatic heterocycles. The normalized spacial score (nSPS) is 10.8. The van der Waals surface area contributed by atoms with E-state index >= 15 is 0 Å². The van der Waals surface area contributed by atoms with Gasteiger partial charge < -0.3 is 9.67 Å². The number of nitrogens with zero attached hydrogens (tertiary/aromatic N) is 1. The summed E-state index contributed by atoms with van der Waals surface area (Å²) in [5.41, 5.74) is 2.84. The molecular weight excluding hydrogens is 190 g/mol. The van der Waals surface area contributed by atoms with E-state index in [4.69, 9.17) is 5.11 Å². The first-order valence-corrected chi connectivity index (χ1v) is 4.92. The summed E-state index contributed by atoms with van der Waals surface area (Å²) in [6.45, 7) is 2.61. The zero-order chi connectivity index (χ0) is 10.8. The van der Waals surface area contributed by atoms with Crippen LogP contribution >= 0.6 is 0 Å². The van der Waals surface area contributed by atoms with Gasteiger partial charge in [-0.05, 0) is 18.6 Å². The fraction of sp³-hybridized carbons (Fsp3) is 0.250. The summed E-state index contributed by atoms with van der Waals surface area (Å²) in [6.07, 6.45) is 2.64. The van der Waals surface area contributed by atoms with Crippen molar-refractivity contribution in [2.75, 3.05) is 6.61 Å². The highest BCUT2D eigenvalue weighted by Gasteiger charge is 2.07. The van der Waals surface area contributed by atoms with Crippen molar-refractivity contribution in [3.8, 4) is 0 Å². The van der Waals surface area contributed by atoms with E-state index in [-0.39, 0.29) is 6.61 Å². The monoisotopic (exact) mass is 203 g/mol. The maximum atomic E-state index is 10.8. The van der Waals surface area contributed by atoms with Crippen LogP contribution in [0, 0.1) is 6.92 Å². The van der Waals surface area contributed by atoms with Gasteiger partial charge in [-0.15, -0.1) is 0 Å². The summed E-state index contributed by atoms with van der Waals surface area (Å²) in [5, 5.41) is 9.87. The number of aromatic nitrogens is 1. The smallest absolute Gasteiger partial charge is 0.152 e. The third-order valence-corrected chi connectivity index (χ3v) is 2.54. The lowest BCUT2D eigenvalue weighted by atomic mass is 10.1. The zero-order valence-electron chi connectivity index (χ0n) is 8.60. The minimum atomic E-state index is 0.0794. The van der Waals surface area contributed by atoms with Crippen LogP contribution in [0.2, 0.25) is 0 Å². The second-order valence-electron chi connectivity index (χ2n) is 3.64. The van der Waals surface area contributed by atoms with E-state index in [1.807, 2.05) is 29.7 Å². The molecule has 0 saturated carbocycles. The Balaban J connectivity index is 2.69. The van der Waals surface area contributed by atoms with Crippen LogP contribution in [0.25, 0.3) is 10.9 Å². The fourth-order valence-electron chi connectivity index (χ4n) is 1.82. The number of benzene rings is 1. The Kier molecular flexibility index (Phi) is 2.56. The van der Waals surface area contributed by atoms with E-state index in [9.17, 15) is 4.79 Å². The van der Waals surface area contributed by atoms with Gasteiger partial charge in [0.1, 0.15) is 0 Å². The van der Waals surface area contributed by atoms with Crippen molar-refractivity contribution in [3.63, 3.8) is 0 Å². The highest BCUT2D eigenvalue weighted by molar-refractivity contribution is 5.97. The minimum absolute atomic E-state index is 0.0794. The minimum Gasteiger partial charge on any atom is -0.395 e. The van der Waals surface area contributed by atoms with Crippen molar-refractivity contribution in [1.82, 2.24) is 4.57 Å². The van der Waals surface area contributed by atoms with Crippen molar-refractivity contribution in [2.45, 2.75) is 13.5 Å². The molecule has 0 radical (unpaired) electrons. The maximum Gasteiger partial charge on any atom is 0.152 e. The summed E-state index contributed by atoms with van der Waals surface area (Å²) < 4.78 is 1.91. The van der Waals surface area contributed by atoms with Crippen LogP contribution in [-0.2, 0) is 6.54 Å². The van der Waals surface area contributed by atoms with Crippen molar-refractivity contribution in [3.05, 3.63) is 35.5 Å². The van der Waals surface area contributed by atoms with Gasteiger partial charge in [0.05, 0.1) is 6.61 Å². The largest absolute Gasteiger partial charge is 0.395 e. The topological polar surface area (TPSA) is 42.2 Å². The van der Waals surface area contributed by atoms with E-state index in [0.717, 1.165) is 22.8 Å². The van der Waals surface area contributed by atoms with Crippen LogP contribution in [0.1, 0.15) is 15.9 Å². The SMILES string of the molecule is Cc1ccc2c(C=O)cn(CCO)c2c1. The van der Waals surface area contributed by atoms with E-state index in [0.29, 0.717) is 12.1 Å². The van der Waals surface area contributed by atoms with Gasteiger partial charge in [-0.25, -0.2) is 0 Å². The Labute approximate surface area is 87.9 Å². The van der Waals surface area contributed by atoms with Crippen LogP contribution in [0.3, 0.4) is 0 Å². The van der Waals surface area contributed by atoms with E-state index in [1.54, 1.807) is 6.20 Å². The van der Waals surface area contributed by atoms with Crippen LogP contribution in [0.4, 0.5) is 0 Å². The lowest BCUT2D eigenvalue weighted by molar-refractivity contribution is 0.112. The second-order valence-corrected chi connectivity index (χ2v) is 3.64. The molecule has 78 valence electrons. The number of carbonyl (C=O) groups is 1. The van der Waals surface area contributed by atoms with E-state index < -0.39 is 0 Å². The molecule has 0 unspecified atom stereocenters. The number of rotatable bonds is 3. The summed E-state index contributed by atoms with van der Waals surface area (Å²) in [7, 11) is 0.